The predicted molar refractivity (Wildman–Crippen MR) is 80.6 cm³/mol. The van der Waals surface area contributed by atoms with Gasteiger partial charge in [0.05, 0.1) is 11.4 Å². The first kappa shape index (κ1) is 15.5. The molecule has 0 saturated carbocycles. The minimum absolute atomic E-state index is 0.0365. The van der Waals surface area contributed by atoms with Gasteiger partial charge in [-0.3, -0.25) is 0 Å². The number of halogens is 4. The fourth-order valence-electron chi connectivity index (χ4n) is 2.22. The van der Waals surface area contributed by atoms with Gasteiger partial charge in [0, 0.05) is 10.0 Å². The minimum atomic E-state index is -4.61. The molecule has 3 rings (SSSR count). The molecular weight excluding hydrogens is 373 g/mol. The van der Waals surface area contributed by atoms with Gasteiger partial charge < -0.3 is 0 Å². The van der Waals surface area contributed by atoms with E-state index in [2.05, 4.69) is 26.0 Å². The fraction of sp³-hybridized carbons (Fsp3) is 0.133. The lowest BCUT2D eigenvalue weighted by Gasteiger charge is -2.11. The lowest BCUT2D eigenvalue weighted by Crippen LogP contribution is -2.13. The maximum Gasteiger partial charge on any atom is 0.433 e. The summed E-state index contributed by atoms with van der Waals surface area (Å²) in [6, 6.07) is 9.52. The third-order valence-electron chi connectivity index (χ3n) is 3.31. The van der Waals surface area contributed by atoms with Crippen LogP contribution < -0.4 is 0 Å². The molecule has 0 atom stereocenters. The van der Waals surface area contributed by atoms with Crippen molar-refractivity contribution >= 4 is 21.6 Å². The van der Waals surface area contributed by atoms with Gasteiger partial charge in [0.15, 0.2) is 11.3 Å². The molecule has 0 unspecified atom stereocenters. The summed E-state index contributed by atoms with van der Waals surface area (Å²) in [7, 11) is 0. The van der Waals surface area contributed by atoms with E-state index in [1.54, 1.807) is 24.3 Å². The van der Waals surface area contributed by atoms with Crippen LogP contribution >= 0.6 is 15.9 Å². The topological polar surface area (TPSA) is 54.0 Å². The molecule has 2 aromatic heterocycles. The summed E-state index contributed by atoms with van der Waals surface area (Å²) < 4.78 is 41.5. The first-order chi connectivity index (χ1) is 10.8. The number of hydrogen-bond donors (Lipinski definition) is 0. The average Bonchev–Trinajstić information content (AvgIpc) is 2.81. The maximum atomic E-state index is 13.3. The molecule has 0 aliphatic rings. The van der Waals surface area contributed by atoms with E-state index in [9.17, 15) is 13.2 Å². The van der Waals surface area contributed by atoms with Gasteiger partial charge in [0.1, 0.15) is 11.6 Å². The Kier molecular flexibility index (Phi) is 3.60. The van der Waals surface area contributed by atoms with Crippen molar-refractivity contribution < 1.29 is 13.2 Å². The van der Waals surface area contributed by atoms with Crippen LogP contribution in [0.3, 0.4) is 0 Å². The molecule has 4 nitrogen and oxygen atoms in total. The lowest BCUT2D eigenvalue weighted by molar-refractivity contribution is -0.142. The van der Waals surface area contributed by atoms with Crippen molar-refractivity contribution in [1.29, 1.82) is 5.26 Å². The lowest BCUT2D eigenvalue weighted by atomic mass is 10.1. The maximum absolute atomic E-state index is 13.3. The van der Waals surface area contributed by atoms with E-state index in [1.807, 2.05) is 6.07 Å². The number of fused-ring (bicyclic) bond motifs is 1. The van der Waals surface area contributed by atoms with E-state index in [0.717, 1.165) is 10.5 Å². The molecule has 0 spiro atoms. The summed E-state index contributed by atoms with van der Waals surface area (Å²) in [6.07, 6.45) is -4.61. The molecule has 3 aromatic rings. The van der Waals surface area contributed by atoms with Crippen molar-refractivity contribution in [3.05, 3.63) is 51.8 Å². The molecule has 1 aromatic carbocycles. The van der Waals surface area contributed by atoms with Gasteiger partial charge in [-0.2, -0.15) is 23.5 Å². The van der Waals surface area contributed by atoms with E-state index in [-0.39, 0.29) is 22.6 Å². The number of nitriles is 1. The summed E-state index contributed by atoms with van der Waals surface area (Å²) in [6.45, 7) is 1.48. The second-order valence-electron chi connectivity index (χ2n) is 4.84. The van der Waals surface area contributed by atoms with Gasteiger partial charge in [-0.05, 0) is 25.1 Å². The van der Waals surface area contributed by atoms with Crippen LogP contribution in [-0.4, -0.2) is 14.6 Å². The van der Waals surface area contributed by atoms with Crippen LogP contribution in [0.25, 0.3) is 16.9 Å². The minimum Gasteiger partial charge on any atom is -0.227 e. The molecule has 0 bridgehead atoms. The van der Waals surface area contributed by atoms with Crippen LogP contribution in [0.1, 0.15) is 17.0 Å². The molecule has 8 heteroatoms. The summed E-state index contributed by atoms with van der Waals surface area (Å²) in [4.78, 5) is 4.20. The van der Waals surface area contributed by atoms with Crippen molar-refractivity contribution in [2.75, 3.05) is 0 Å². The molecule has 2 heterocycles. The molecular formula is C15H8BrF3N4. The largest absolute Gasteiger partial charge is 0.433 e. The highest BCUT2D eigenvalue weighted by atomic mass is 79.9. The van der Waals surface area contributed by atoms with Crippen LogP contribution in [0.15, 0.2) is 34.8 Å². The Morgan fingerprint density at radius 2 is 1.87 bits per heavy atom. The number of hydrogen-bond acceptors (Lipinski definition) is 3. The van der Waals surface area contributed by atoms with E-state index in [1.165, 1.54) is 6.92 Å². The highest BCUT2D eigenvalue weighted by Gasteiger charge is 2.36. The monoisotopic (exact) mass is 380 g/mol. The Labute approximate surface area is 137 Å². The zero-order valence-corrected chi connectivity index (χ0v) is 13.3. The fourth-order valence-corrected chi connectivity index (χ4v) is 2.49. The smallest absolute Gasteiger partial charge is 0.227 e. The number of benzene rings is 1. The molecule has 0 N–H and O–H groups in total. The zero-order valence-electron chi connectivity index (χ0n) is 11.7. The number of aryl methyl sites for hydroxylation is 1. The Morgan fingerprint density at radius 3 is 2.43 bits per heavy atom. The van der Waals surface area contributed by atoms with Crippen molar-refractivity contribution in [2.45, 2.75) is 13.1 Å². The Balaban J connectivity index is 2.37. The number of aromatic nitrogens is 3. The second kappa shape index (κ2) is 5.35. The van der Waals surface area contributed by atoms with Crippen molar-refractivity contribution in [1.82, 2.24) is 14.6 Å². The van der Waals surface area contributed by atoms with E-state index in [4.69, 9.17) is 5.26 Å². The van der Waals surface area contributed by atoms with Crippen LogP contribution in [0, 0.1) is 18.3 Å². The van der Waals surface area contributed by atoms with Crippen LogP contribution in [0.5, 0.6) is 0 Å². The van der Waals surface area contributed by atoms with Gasteiger partial charge in [0.2, 0.25) is 0 Å². The third-order valence-corrected chi connectivity index (χ3v) is 3.83. The quantitative estimate of drug-likeness (QED) is 0.630. The summed E-state index contributed by atoms with van der Waals surface area (Å²) in [5.74, 6) is 0. The molecule has 23 heavy (non-hydrogen) atoms. The summed E-state index contributed by atoms with van der Waals surface area (Å²) in [5, 5.41) is 13.0. The molecule has 0 fully saturated rings. The molecule has 0 aliphatic carbocycles. The van der Waals surface area contributed by atoms with Gasteiger partial charge in [0.25, 0.3) is 0 Å². The number of rotatable bonds is 1. The third kappa shape index (κ3) is 2.68. The highest BCUT2D eigenvalue weighted by molar-refractivity contribution is 9.10. The Bertz CT molecular complexity index is 936. The van der Waals surface area contributed by atoms with E-state index >= 15 is 0 Å². The molecule has 116 valence electrons. The first-order valence-electron chi connectivity index (χ1n) is 6.45. The standard InChI is InChI=1S/C15H8BrF3N4/c1-8-11(7-20)14-21-12(9-2-4-10(16)5-3-9)6-13(15(17,18)19)23(14)22-8/h2-6H,1H3. The average molecular weight is 381 g/mol. The summed E-state index contributed by atoms with van der Waals surface area (Å²) >= 11 is 3.27. The van der Waals surface area contributed by atoms with Crippen LogP contribution in [-0.2, 0) is 6.18 Å². The number of alkyl halides is 3. The van der Waals surface area contributed by atoms with E-state index in [0.29, 0.717) is 10.1 Å². The predicted octanol–water partition coefficient (Wildman–Crippen LogP) is 4.36. The van der Waals surface area contributed by atoms with Crippen LogP contribution in [0.2, 0.25) is 0 Å². The Hall–Kier alpha value is -2.40. The molecule has 0 saturated heterocycles. The first-order valence-corrected chi connectivity index (χ1v) is 7.24. The highest BCUT2D eigenvalue weighted by Crippen LogP contribution is 2.33. The van der Waals surface area contributed by atoms with Crippen molar-refractivity contribution in [2.24, 2.45) is 0 Å². The zero-order chi connectivity index (χ0) is 16.8. The van der Waals surface area contributed by atoms with E-state index < -0.39 is 11.9 Å². The Morgan fingerprint density at radius 1 is 1.22 bits per heavy atom. The van der Waals surface area contributed by atoms with Gasteiger partial charge in [-0.1, -0.05) is 28.1 Å². The van der Waals surface area contributed by atoms with Crippen molar-refractivity contribution in [3.63, 3.8) is 0 Å². The summed E-state index contributed by atoms with van der Waals surface area (Å²) in [5.41, 5.74) is -0.173. The second-order valence-corrected chi connectivity index (χ2v) is 5.75. The van der Waals surface area contributed by atoms with Gasteiger partial charge in [-0.25, -0.2) is 9.50 Å². The number of nitrogens with zero attached hydrogens (tertiary/aromatic N) is 4. The normalized spacial score (nSPS) is 11.7. The molecule has 0 aliphatic heterocycles. The van der Waals surface area contributed by atoms with Gasteiger partial charge in [-0.15, -0.1) is 0 Å². The molecule has 0 radical (unpaired) electrons. The molecule has 0 amide bonds. The van der Waals surface area contributed by atoms with Crippen LogP contribution in [0.4, 0.5) is 13.2 Å². The SMILES string of the molecule is Cc1nn2c(C(F)(F)F)cc(-c3ccc(Br)cc3)nc2c1C#N. The van der Waals surface area contributed by atoms with Gasteiger partial charge >= 0.3 is 6.18 Å². The van der Waals surface area contributed by atoms with Crippen molar-refractivity contribution in [3.8, 4) is 17.3 Å².